The highest BCUT2D eigenvalue weighted by atomic mass is 16.5. The van der Waals surface area contributed by atoms with Gasteiger partial charge in [-0.3, -0.25) is 14.3 Å². The van der Waals surface area contributed by atoms with Gasteiger partial charge in [0.2, 0.25) is 0 Å². The summed E-state index contributed by atoms with van der Waals surface area (Å²) in [7, 11) is 3.32. The van der Waals surface area contributed by atoms with Gasteiger partial charge in [0.1, 0.15) is 11.4 Å². The van der Waals surface area contributed by atoms with E-state index >= 15 is 0 Å². The second kappa shape index (κ2) is 7.42. The molecule has 27 heavy (non-hydrogen) atoms. The van der Waals surface area contributed by atoms with Crippen LogP contribution in [0.3, 0.4) is 0 Å². The monoisotopic (exact) mass is 371 g/mol. The van der Waals surface area contributed by atoms with E-state index in [4.69, 9.17) is 4.74 Å². The predicted molar refractivity (Wildman–Crippen MR) is 100 cm³/mol. The first-order valence-corrected chi connectivity index (χ1v) is 9.01. The maximum Gasteiger partial charge on any atom is 0.308 e. The van der Waals surface area contributed by atoms with Gasteiger partial charge in [-0.15, -0.1) is 0 Å². The Bertz CT molecular complexity index is 859. The van der Waals surface area contributed by atoms with Crippen molar-refractivity contribution in [3.63, 3.8) is 0 Å². The number of likely N-dealkylation sites (tertiary alicyclic amines) is 1. The molecule has 0 radical (unpaired) electrons. The molecule has 0 saturated carbocycles. The number of hydrogen-bond donors (Lipinski definition) is 1. The van der Waals surface area contributed by atoms with E-state index in [0.717, 1.165) is 11.3 Å². The van der Waals surface area contributed by atoms with Gasteiger partial charge >= 0.3 is 5.97 Å². The normalized spacial score (nSPS) is 19.5. The van der Waals surface area contributed by atoms with E-state index in [9.17, 15) is 14.7 Å². The molecule has 3 rings (SSSR count). The van der Waals surface area contributed by atoms with Crippen LogP contribution in [0.4, 0.5) is 0 Å². The summed E-state index contributed by atoms with van der Waals surface area (Å²) in [5.41, 5.74) is 2.19. The molecule has 144 valence electrons. The molecule has 2 atom stereocenters. The van der Waals surface area contributed by atoms with Crippen molar-refractivity contribution in [1.29, 1.82) is 0 Å². The molecule has 1 aromatic heterocycles. The topological polar surface area (TPSA) is 84.7 Å². The third kappa shape index (κ3) is 3.67. The number of ether oxygens (including phenoxy) is 1. The fraction of sp³-hybridized carbons (Fsp3) is 0.450. The number of rotatable bonds is 5. The van der Waals surface area contributed by atoms with E-state index in [1.54, 1.807) is 29.8 Å². The van der Waals surface area contributed by atoms with Crippen molar-refractivity contribution in [3.8, 4) is 5.75 Å². The number of benzene rings is 1. The molecular formula is C20H25N3O4. The Hall–Kier alpha value is -2.83. The van der Waals surface area contributed by atoms with Crippen molar-refractivity contribution in [1.82, 2.24) is 14.7 Å². The number of methoxy groups -OCH3 is 1. The number of aromatic nitrogens is 2. The number of aliphatic carboxylic acids is 1. The fourth-order valence-electron chi connectivity index (χ4n) is 3.56. The van der Waals surface area contributed by atoms with Gasteiger partial charge in [0.25, 0.3) is 5.91 Å². The first-order chi connectivity index (χ1) is 12.8. The number of nitrogens with zero attached hydrogens (tertiary/aromatic N) is 3. The van der Waals surface area contributed by atoms with Gasteiger partial charge in [0, 0.05) is 26.1 Å². The van der Waals surface area contributed by atoms with Gasteiger partial charge in [-0.25, -0.2) is 0 Å². The molecule has 0 bridgehead atoms. The maximum absolute atomic E-state index is 13.0. The van der Waals surface area contributed by atoms with Gasteiger partial charge in [0.05, 0.1) is 18.7 Å². The lowest BCUT2D eigenvalue weighted by atomic mass is 9.89. The summed E-state index contributed by atoms with van der Waals surface area (Å²) in [5, 5.41) is 14.1. The number of carboxylic acids is 1. The summed E-state index contributed by atoms with van der Waals surface area (Å²) in [6.45, 7) is 4.57. The van der Waals surface area contributed by atoms with Gasteiger partial charge in [-0.1, -0.05) is 26.0 Å². The van der Waals surface area contributed by atoms with Crippen LogP contribution < -0.4 is 4.74 Å². The molecule has 7 heteroatoms. The molecule has 1 aliphatic rings. The molecule has 1 amide bonds. The van der Waals surface area contributed by atoms with E-state index in [0.29, 0.717) is 18.0 Å². The van der Waals surface area contributed by atoms with E-state index in [-0.39, 0.29) is 24.3 Å². The maximum atomic E-state index is 13.0. The Morgan fingerprint density at radius 1 is 1.26 bits per heavy atom. The molecule has 1 fully saturated rings. The lowest BCUT2D eigenvalue weighted by Gasteiger charge is -2.17. The lowest BCUT2D eigenvalue weighted by Crippen LogP contribution is -2.31. The first-order valence-electron chi connectivity index (χ1n) is 9.01. The molecular weight excluding hydrogens is 346 g/mol. The summed E-state index contributed by atoms with van der Waals surface area (Å²) >= 11 is 0. The second-order valence-corrected chi connectivity index (χ2v) is 7.27. The Morgan fingerprint density at radius 2 is 2.00 bits per heavy atom. The van der Waals surface area contributed by atoms with Crippen LogP contribution >= 0.6 is 0 Å². The average Bonchev–Trinajstić information content (AvgIpc) is 3.25. The summed E-state index contributed by atoms with van der Waals surface area (Å²) in [6.07, 6.45) is 0. The average molecular weight is 371 g/mol. The number of amides is 1. The molecule has 2 heterocycles. The molecule has 0 aliphatic carbocycles. The molecule has 0 spiro atoms. The van der Waals surface area contributed by atoms with E-state index in [1.807, 2.05) is 38.1 Å². The van der Waals surface area contributed by atoms with Crippen molar-refractivity contribution >= 4 is 11.9 Å². The minimum Gasteiger partial charge on any atom is -0.497 e. The van der Waals surface area contributed by atoms with E-state index in [2.05, 4.69) is 5.10 Å². The van der Waals surface area contributed by atoms with Crippen molar-refractivity contribution < 1.29 is 19.4 Å². The highest BCUT2D eigenvalue weighted by Gasteiger charge is 2.41. The van der Waals surface area contributed by atoms with Gasteiger partial charge in [-0.05, 0) is 29.7 Å². The van der Waals surface area contributed by atoms with Crippen LogP contribution in [0.2, 0.25) is 0 Å². The SMILES string of the molecule is COc1cccc([C@@H]2CN(C(=O)c3cc(C(C)C)nn3C)C[C@H]2C(=O)O)c1. The van der Waals surface area contributed by atoms with Crippen molar-refractivity contribution in [2.24, 2.45) is 13.0 Å². The number of carbonyl (C=O) groups excluding carboxylic acids is 1. The Labute approximate surface area is 158 Å². The quantitative estimate of drug-likeness (QED) is 0.873. The van der Waals surface area contributed by atoms with Crippen LogP contribution in [0.25, 0.3) is 0 Å². The lowest BCUT2D eigenvalue weighted by molar-refractivity contribution is -0.141. The summed E-state index contributed by atoms with van der Waals surface area (Å²) in [6, 6.07) is 9.18. The third-order valence-electron chi connectivity index (χ3n) is 5.16. The third-order valence-corrected chi connectivity index (χ3v) is 5.16. The van der Waals surface area contributed by atoms with Crippen LogP contribution in [0, 0.1) is 5.92 Å². The second-order valence-electron chi connectivity index (χ2n) is 7.27. The van der Waals surface area contributed by atoms with Crippen LogP contribution in [0.15, 0.2) is 30.3 Å². The van der Waals surface area contributed by atoms with Crippen LogP contribution in [-0.2, 0) is 11.8 Å². The van der Waals surface area contributed by atoms with Gasteiger partial charge < -0.3 is 14.7 Å². The molecule has 2 aromatic rings. The predicted octanol–water partition coefficient (Wildman–Crippen LogP) is 2.49. The summed E-state index contributed by atoms with van der Waals surface area (Å²) in [5.74, 6) is -1.13. The van der Waals surface area contributed by atoms with Gasteiger partial charge in [-0.2, -0.15) is 5.10 Å². The fourth-order valence-corrected chi connectivity index (χ4v) is 3.56. The molecule has 1 aliphatic heterocycles. The van der Waals surface area contributed by atoms with Crippen molar-refractivity contribution in [2.45, 2.75) is 25.7 Å². The smallest absolute Gasteiger partial charge is 0.308 e. The zero-order chi connectivity index (χ0) is 19.7. The van der Waals surface area contributed by atoms with Crippen molar-refractivity contribution in [2.75, 3.05) is 20.2 Å². The van der Waals surface area contributed by atoms with Crippen molar-refractivity contribution in [3.05, 3.63) is 47.3 Å². The number of carboxylic acid groups (broad SMARTS) is 1. The molecule has 1 aromatic carbocycles. The summed E-state index contributed by atoms with van der Waals surface area (Å²) < 4.78 is 6.83. The van der Waals surface area contributed by atoms with Crippen LogP contribution in [0.1, 0.15) is 47.4 Å². The minimum atomic E-state index is -0.897. The highest BCUT2D eigenvalue weighted by Crippen LogP contribution is 2.35. The first kappa shape index (κ1) is 18.9. The Morgan fingerprint density at radius 3 is 2.59 bits per heavy atom. The van der Waals surface area contributed by atoms with Crippen LogP contribution in [-0.4, -0.2) is 51.9 Å². The Kier molecular flexibility index (Phi) is 5.21. The molecule has 0 unspecified atom stereocenters. The highest BCUT2D eigenvalue weighted by molar-refractivity contribution is 5.93. The zero-order valence-electron chi connectivity index (χ0n) is 16.0. The number of hydrogen-bond acceptors (Lipinski definition) is 4. The largest absolute Gasteiger partial charge is 0.497 e. The van der Waals surface area contributed by atoms with E-state index < -0.39 is 11.9 Å². The standard InChI is InChI=1S/C20H25N3O4/c1-12(2)17-9-18(22(3)21-17)19(24)23-10-15(16(11-23)20(25)26)13-6-5-7-14(8-13)27-4/h5-9,12,15-16H,10-11H2,1-4H3,(H,25,26)/t15-,16+/m0/s1. The van der Waals surface area contributed by atoms with Crippen LogP contribution in [0.5, 0.6) is 5.75 Å². The summed E-state index contributed by atoms with van der Waals surface area (Å²) in [4.78, 5) is 26.5. The number of carbonyl (C=O) groups is 2. The molecule has 1 N–H and O–H groups in total. The van der Waals surface area contributed by atoms with E-state index in [1.165, 1.54) is 0 Å². The van der Waals surface area contributed by atoms with Gasteiger partial charge in [0.15, 0.2) is 0 Å². The molecule has 1 saturated heterocycles. The zero-order valence-corrected chi connectivity index (χ0v) is 16.0. The minimum absolute atomic E-state index is 0.179. The Balaban J connectivity index is 1.88. The number of aryl methyl sites for hydroxylation is 1. The molecule has 7 nitrogen and oxygen atoms in total.